The Morgan fingerprint density at radius 3 is 2.57 bits per heavy atom. The number of aliphatic imine (C=N–C) groups is 1. The first-order valence-corrected chi connectivity index (χ1v) is 11.5. The van der Waals surface area contributed by atoms with E-state index in [0.717, 1.165) is 57.7 Å². The Hall–Kier alpha value is -1.09. The number of guanidine groups is 1. The number of piperidine rings is 1. The molecule has 1 saturated carbocycles. The zero-order valence-electron chi connectivity index (χ0n) is 18.4. The fourth-order valence-electron chi connectivity index (χ4n) is 5.41. The summed E-state index contributed by atoms with van der Waals surface area (Å²) in [5, 5.41) is 3.65. The molecule has 0 amide bonds. The molecule has 0 atom stereocenters. The first-order valence-electron chi connectivity index (χ1n) is 11.5. The number of nitrogens with one attached hydrogen (secondary N) is 1. The zero-order valence-corrected chi connectivity index (χ0v) is 20.8. The Balaban J connectivity index is 0.00000256. The van der Waals surface area contributed by atoms with E-state index in [1.54, 1.807) is 0 Å². The van der Waals surface area contributed by atoms with Crippen LogP contribution in [0.1, 0.15) is 56.9 Å². The number of rotatable bonds is 3. The van der Waals surface area contributed by atoms with Crippen molar-refractivity contribution in [2.45, 2.75) is 57.9 Å². The topological polar surface area (TPSA) is 53.0 Å². The van der Waals surface area contributed by atoms with Crippen molar-refractivity contribution in [1.82, 2.24) is 15.2 Å². The number of nitrogens with zero attached hydrogens (tertiary/aromatic N) is 4. The highest BCUT2D eigenvalue weighted by molar-refractivity contribution is 14.0. The lowest BCUT2D eigenvalue weighted by molar-refractivity contribution is 0.115. The second kappa shape index (κ2) is 11.5. The third-order valence-corrected chi connectivity index (χ3v) is 6.95. The third-order valence-electron chi connectivity index (χ3n) is 6.95. The lowest BCUT2D eigenvalue weighted by Crippen LogP contribution is -2.50. The normalized spacial score (nSPS) is 22.4. The summed E-state index contributed by atoms with van der Waals surface area (Å²) in [6.45, 7) is 6.42. The maximum atomic E-state index is 5.51. The van der Waals surface area contributed by atoms with Crippen LogP contribution < -0.4 is 10.2 Å². The molecule has 3 aliphatic rings. The number of hydrogen-bond acceptors (Lipinski definition) is 4. The Kier molecular flexibility index (Phi) is 9.04. The molecule has 4 rings (SSSR count). The molecule has 6 nitrogen and oxygen atoms in total. The number of ether oxygens (including phenoxy) is 1. The van der Waals surface area contributed by atoms with Crippen LogP contribution in [0.15, 0.2) is 23.3 Å². The van der Waals surface area contributed by atoms with Crippen molar-refractivity contribution in [3.63, 3.8) is 0 Å². The van der Waals surface area contributed by atoms with Crippen molar-refractivity contribution >= 4 is 35.8 Å². The summed E-state index contributed by atoms with van der Waals surface area (Å²) in [5.74, 6) is 2.13. The van der Waals surface area contributed by atoms with Crippen LogP contribution >= 0.6 is 24.0 Å². The van der Waals surface area contributed by atoms with E-state index < -0.39 is 0 Å². The van der Waals surface area contributed by atoms with E-state index in [9.17, 15) is 0 Å². The van der Waals surface area contributed by atoms with Gasteiger partial charge in [-0.25, -0.2) is 4.98 Å². The number of anilines is 1. The fraction of sp³-hybridized carbons (Fsp3) is 0.739. The smallest absolute Gasteiger partial charge is 0.193 e. The molecule has 1 aliphatic carbocycles. The molecule has 1 spiro atoms. The molecular weight excluding hydrogens is 489 g/mol. The Labute approximate surface area is 198 Å². The van der Waals surface area contributed by atoms with Crippen molar-refractivity contribution in [3.8, 4) is 0 Å². The summed E-state index contributed by atoms with van der Waals surface area (Å²) in [5.41, 5.74) is 1.75. The van der Waals surface area contributed by atoms with E-state index in [0.29, 0.717) is 5.41 Å². The van der Waals surface area contributed by atoms with Gasteiger partial charge in [0, 0.05) is 51.5 Å². The van der Waals surface area contributed by atoms with Crippen LogP contribution in [0.3, 0.4) is 0 Å². The molecule has 1 aromatic heterocycles. The minimum atomic E-state index is 0. The van der Waals surface area contributed by atoms with Crippen molar-refractivity contribution in [1.29, 1.82) is 0 Å². The minimum Gasteiger partial charge on any atom is -0.378 e. The predicted molar refractivity (Wildman–Crippen MR) is 134 cm³/mol. The molecule has 1 N–H and O–H groups in total. The third kappa shape index (κ3) is 5.78. The highest BCUT2D eigenvalue weighted by Gasteiger charge is 2.36. The van der Waals surface area contributed by atoms with Gasteiger partial charge in [-0.3, -0.25) is 4.99 Å². The molecule has 2 saturated heterocycles. The van der Waals surface area contributed by atoms with Gasteiger partial charge < -0.3 is 19.9 Å². The SMILES string of the molecule is CN=C(NCc1cccnc1N1CCOCC1)N1CCCC2(CCCCCC2)C1.I. The van der Waals surface area contributed by atoms with Crippen LogP contribution in [-0.2, 0) is 11.3 Å². The highest BCUT2D eigenvalue weighted by Crippen LogP contribution is 2.42. The van der Waals surface area contributed by atoms with E-state index in [2.05, 4.69) is 31.2 Å². The summed E-state index contributed by atoms with van der Waals surface area (Å²) in [6, 6.07) is 4.21. The molecule has 3 heterocycles. The minimum absolute atomic E-state index is 0. The number of halogens is 1. The Bertz CT molecular complexity index is 684. The lowest BCUT2D eigenvalue weighted by atomic mass is 9.74. The number of morpholine rings is 1. The molecule has 0 bridgehead atoms. The van der Waals surface area contributed by atoms with Crippen LogP contribution in [0.2, 0.25) is 0 Å². The van der Waals surface area contributed by atoms with E-state index in [-0.39, 0.29) is 24.0 Å². The number of aromatic nitrogens is 1. The molecule has 1 aromatic rings. The summed E-state index contributed by atoms with van der Waals surface area (Å²) < 4.78 is 5.51. The van der Waals surface area contributed by atoms with Gasteiger partial charge in [0.2, 0.25) is 0 Å². The van der Waals surface area contributed by atoms with E-state index in [1.807, 2.05) is 19.3 Å². The van der Waals surface area contributed by atoms with Gasteiger partial charge in [-0.05, 0) is 37.2 Å². The van der Waals surface area contributed by atoms with Crippen LogP contribution in [0.5, 0.6) is 0 Å². The van der Waals surface area contributed by atoms with Crippen LogP contribution in [0.4, 0.5) is 5.82 Å². The van der Waals surface area contributed by atoms with Crippen LogP contribution in [0.25, 0.3) is 0 Å². The number of hydrogen-bond donors (Lipinski definition) is 1. The van der Waals surface area contributed by atoms with E-state index >= 15 is 0 Å². The number of pyridine rings is 1. The second-order valence-electron chi connectivity index (χ2n) is 8.93. The molecule has 0 radical (unpaired) electrons. The van der Waals surface area contributed by atoms with Crippen molar-refractivity contribution in [2.75, 3.05) is 51.3 Å². The molecule has 0 unspecified atom stereocenters. The van der Waals surface area contributed by atoms with Gasteiger partial charge in [-0.1, -0.05) is 31.7 Å². The highest BCUT2D eigenvalue weighted by atomic mass is 127. The lowest BCUT2D eigenvalue weighted by Gasteiger charge is -2.44. The Morgan fingerprint density at radius 2 is 1.83 bits per heavy atom. The van der Waals surface area contributed by atoms with Gasteiger partial charge in [0.25, 0.3) is 0 Å². The largest absolute Gasteiger partial charge is 0.378 e. The van der Waals surface area contributed by atoms with Gasteiger partial charge in [-0.15, -0.1) is 24.0 Å². The molecular formula is C23H38IN5O. The molecule has 2 aliphatic heterocycles. The van der Waals surface area contributed by atoms with Gasteiger partial charge in [0.05, 0.1) is 13.2 Å². The van der Waals surface area contributed by atoms with Gasteiger partial charge in [-0.2, -0.15) is 0 Å². The first kappa shape index (κ1) is 23.6. The first-order chi connectivity index (χ1) is 14.3. The second-order valence-corrected chi connectivity index (χ2v) is 8.93. The predicted octanol–water partition coefficient (Wildman–Crippen LogP) is 4.05. The van der Waals surface area contributed by atoms with Crippen molar-refractivity contribution in [3.05, 3.63) is 23.9 Å². The zero-order chi connectivity index (χ0) is 19.9. The Morgan fingerprint density at radius 1 is 1.10 bits per heavy atom. The van der Waals surface area contributed by atoms with Crippen molar-refractivity contribution < 1.29 is 4.74 Å². The van der Waals surface area contributed by atoms with Crippen molar-refractivity contribution in [2.24, 2.45) is 10.4 Å². The van der Waals surface area contributed by atoms with E-state index in [4.69, 9.17) is 4.74 Å². The molecule has 30 heavy (non-hydrogen) atoms. The average Bonchev–Trinajstić information content (AvgIpc) is 3.00. The molecule has 0 aromatic carbocycles. The molecule has 7 heteroatoms. The average molecular weight is 527 g/mol. The summed E-state index contributed by atoms with van der Waals surface area (Å²) >= 11 is 0. The quantitative estimate of drug-likeness (QED) is 0.365. The maximum absolute atomic E-state index is 5.51. The van der Waals surface area contributed by atoms with Crippen LogP contribution in [0, 0.1) is 5.41 Å². The van der Waals surface area contributed by atoms with E-state index in [1.165, 1.54) is 56.9 Å². The van der Waals surface area contributed by atoms with Gasteiger partial charge in [0.1, 0.15) is 5.82 Å². The van der Waals surface area contributed by atoms with Gasteiger partial charge >= 0.3 is 0 Å². The summed E-state index contributed by atoms with van der Waals surface area (Å²) in [4.78, 5) is 14.2. The van der Waals surface area contributed by atoms with Gasteiger partial charge in [0.15, 0.2) is 5.96 Å². The maximum Gasteiger partial charge on any atom is 0.193 e. The standard InChI is InChI=1S/C23H37N5O.HI/c1-24-22(28-13-7-11-23(19-28)9-4-2-3-5-10-23)26-18-20-8-6-12-25-21(20)27-14-16-29-17-15-27;/h6,8,12H,2-5,7,9-11,13-19H2,1H3,(H,24,26);1H. The van der Waals surface area contributed by atoms with Crippen LogP contribution in [-0.4, -0.2) is 62.3 Å². The number of likely N-dealkylation sites (tertiary alicyclic amines) is 1. The summed E-state index contributed by atoms with van der Waals surface area (Å²) in [6.07, 6.45) is 13.0. The molecule has 168 valence electrons. The monoisotopic (exact) mass is 527 g/mol. The fourth-order valence-corrected chi connectivity index (χ4v) is 5.41. The summed E-state index contributed by atoms with van der Waals surface area (Å²) in [7, 11) is 1.92. The molecule has 3 fully saturated rings.